The Bertz CT molecular complexity index is 559. The first kappa shape index (κ1) is 15.3. The zero-order valence-electron chi connectivity index (χ0n) is 11.2. The quantitative estimate of drug-likeness (QED) is 0.862. The summed E-state index contributed by atoms with van der Waals surface area (Å²) in [7, 11) is 0. The van der Waals surface area contributed by atoms with Crippen LogP contribution in [0.1, 0.15) is 41.7 Å². The van der Waals surface area contributed by atoms with Crippen molar-refractivity contribution in [3.63, 3.8) is 0 Å². The number of carbonyl (C=O) groups is 1. The van der Waals surface area contributed by atoms with Crippen molar-refractivity contribution in [3.8, 4) is 6.07 Å². The van der Waals surface area contributed by atoms with Crippen LogP contribution >= 0.6 is 0 Å². The minimum Gasteiger partial charge on any atom is -0.327 e. The number of carbonyl (C=O) groups excluding carboxylic acids is 1. The van der Waals surface area contributed by atoms with Crippen LogP contribution in [0.5, 0.6) is 0 Å². The number of nitrogens with zero attached hydrogens (tertiary/aromatic N) is 3. The standard InChI is InChI=1S/C14H14F3N3O/c15-14(16,17)9-20(12-3-1-2-4-12)13(21)10-5-6-19-11(7-10)8-18/h5-7,12H,1-4,9H2. The average molecular weight is 297 g/mol. The summed E-state index contributed by atoms with van der Waals surface area (Å²) >= 11 is 0. The van der Waals surface area contributed by atoms with Crippen molar-refractivity contribution in [1.29, 1.82) is 5.26 Å². The monoisotopic (exact) mass is 297 g/mol. The molecular formula is C14H14F3N3O. The third-order valence-corrected chi connectivity index (χ3v) is 3.50. The highest BCUT2D eigenvalue weighted by Gasteiger charge is 2.37. The van der Waals surface area contributed by atoms with Crippen molar-refractivity contribution in [2.24, 2.45) is 0 Å². The van der Waals surface area contributed by atoms with Crippen molar-refractivity contribution in [2.75, 3.05) is 6.54 Å². The van der Waals surface area contributed by atoms with Gasteiger partial charge in [-0.25, -0.2) is 4.98 Å². The molecule has 0 aromatic carbocycles. The zero-order chi connectivity index (χ0) is 15.5. The minimum absolute atomic E-state index is 0.0132. The van der Waals surface area contributed by atoms with E-state index >= 15 is 0 Å². The van der Waals surface area contributed by atoms with Gasteiger partial charge in [-0.15, -0.1) is 0 Å². The third-order valence-electron chi connectivity index (χ3n) is 3.50. The van der Waals surface area contributed by atoms with Crippen molar-refractivity contribution >= 4 is 5.91 Å². The largest absolute Gasteiger partial charge is 0.406 e. The lowest BCUT2D eigenvalue weighted by molar-refractivity contribution is -0.144. The number of amides is 1. The highest BCUT2D eigenvalue weighted by molar-refractivity contribution is 5.94. The molecule has 0 bridgehead atoms. The smallest absolute Gasteiger partial charge is 0.327 e. The van der Waals surface area contributed by atoms with Gasteiger partial charge in [0.05, 0.1) is 0 Å². The van der Waals surface area contributed by atoms with Gasteiger partial charge in [0.25, 0.3) is 5.91 Å². The molecule has 0 radical (unpaired) electrons. The number of halogens is 3. The zero-order valence-corrected chi connectivity index (χ0v) is 11.2. The molecule has 1 heterocycles. The fraction of sp³-hybridized carbons (Fsp3) is 0.500. The molecule has 4 nitrogen and oxygen atoms in total. The number of rotatable bonds is 3. The van der Waals surface area contributed by atoms with Gasteiger partial charge in [0.15, 0.2) is 0 Å². The van der Waals surface area contributed by atoms with Crippen molar-refractivity contribution in [3.05, 3.63) is 29.6 Å². The van der Waals surface area contributed by atoms with E-state index in [0.29, 0.717) is 12.8 Å². The normalized spacial score (nSPS) is 15.7. The highest BCUT2D eigenvalue weighted by Crippen LogP contribution is 2.28. The summed E-state index contributed by atoms with van der Waals surface area (Å²) in [4.78, 5) is 17.0. The number of alkyl halides is 3. The van der Waals surface area contributed by atoms with Gasteiger partial charge in [-0.3, -0.25) is 4.79 Å². The lowest BCUT2D eigenvalue weighted by Crippen LogP contribution is -2.44. The second-order valence-electron chi connectivity index (χ2n) is 5.03. The lowest BCUT2D eigenvalue weighted by atomic mass is 10.1. The first-order valence-electron chi connectivity index (χ1n) is 6.64. The van der Waals surface area contributed by atoms with Crippen LogP contribution in [0.2, 0.25) is 0 Å². The SMILES string of the molecule is N#Cc1cc(C(=O)N(CC(F)(F)F)C2CCCC2)ccn1. The molecule has 1 aromatic rings. The second-order valence-corrected chi connectivity index (χ2v) is 5.03. The predicted octanol–water partition coefficient (Wildman–Crippen LogP) is 2.90. The van der Waals surface area contributed by atoms with Crippen molar-refractivity contribution < 1.29 is 18.0 Å². The molecule has 1 aliphatic rings. The molecule has 2 rings (SSSR count). The highest BCUT2D eigenvalue weighted by atomic mass is 19.4. The van der Waals surface area contributed by atoms with Gasteiger partial charge in [-0.05, 0) is 25.0 Å². The topological polar surface area (TPSA) is 57.0 Å². The molecule has 1 amide bonds. The van der Waals surface area contributed by atoms with Crippen molar-refractivity contribution in [2.45, 2.75) is 37.9 Å². The predicted molar refractivity (Wildman–Crippen MR) is 68.3 cm³/mol. The van der Waals surface area contributed by atoms with Crippen LogP contribution in [0, 0.1) is 11.3 Å². The Morgan fingerprint density at radius 1 is 1.43 bits per heavy atom. The van der Waals surface area contributed by atoms with Crippen LogP contribution in [-0.2, 0) is 0 Å². The minimum atomic E-state index is -4.44. The molecule has 21 heavy (non-hydrogen) atoms. The Balaban J connectivity index is 2.26. The van der Waals surface area contributed by atoms with Gasteiger partial charge in [-0.2, -0.15) is 18.4 Å². The van der Waals surface area contributed by atoms with Crippen LogP contribution in [0.3, 0.4) is 0 Å². The molecule has 0 saturated heterocycles. The maximum absolute atomic E-state index is 12.7. The summed E-state index contributed by atoms with van der Waals surface area (Å²) < 4.78 is 38.2. The van der Waals surface area contributed by atoms with Gasteiger partial charge >= 0.3 is 6.18 Å². The molecule has 1 fully saturated rings. The van der Waals surface area contributed by atoms with Gasteiger partial charge in [0.2, 0.25) is 0 Å². The maximum atomic E-state index is 12.7. The van der Waals surface area contributed by atoms with E-state index in [1.54, 1.807) is 6.07 Å². The van der Waals surface area contributed by atoms with Crippen molar-refractivity contribution in [1.82, 2.24) is 9.88 Å². The van der Waals surface area contributed by atoms with Crippen LogP contribution in [0.15, 0.2) is 18.3 Å². The van der Waals surface area contributed by atoms with Crippen LogP contribution in [0.4, 0.5) is 13.2 Å². The molecule has 1 aromatic heterocycles. The number of aromatic nitrogens is 1. The summed E-state index contributed by atoms with van der Waals surface area (Å²) in [6.45, 7) is -1.26. The Hall–Kier alpha value is -2.10. The summed E-state index contributed by atoms with van der Waals surface area (Å²) in [6, 6.07) is 3.94. The number of pyridine rings is 1. The summed E-state index contributed by atoms with van der Waals surface area (Å²) in [6.07, 6.45) is -0.371. The van der Waals surface area contributed by atoms with E-state index in [-0.39, 0.29) is 11.3 Å². The first-order chi connectivity index (χ1) is 9.90. The molecule has 0 unspecified atom stereocenters. The van der Waals surface area contributed by atoms with E-state index in [4.69, 9.17) is 5.26 Å². The molecule has 1 saturated carbocycles. The van der Waals surface area contributed by atoms with Gasteiger partial charge in [-0.1, -0.05) is 12.8 Å². The molecule has 112 valence electrons. The molecule has 0 aliphatic heterocycles. The summed E-state index contributed by atoms with van der Waals surface area (Å²) in [5.74, 6) is -0.696. The molecular weight excluding hydrogens is 283 g/mol. The molecule has 1 aliphatic carbocycles. The second kappa shape index (κ2) is 6.12. The summed E-state index contributed by atoms with van der Waals surface area (Å²) in [5, 5.41) is 8.76. The number of hydrogen-bond donors (Lipinski definition) is 0. The molecule has 0 N–H and O–H groups in total. The lowest BCUT2D eigenvalue weighted by Gasteiger charge is -2.30. The van der Waals surface area contributed by atoms with Gasteiger partial charge < -0.3 is 4.90 Å². The van der Waals surface area contributed by atoms with Gasteiger partial charge in [0.1, 0.15) is 18.3 Å². The molecule has 0 atom stereocenters. The van der Waals surface area contributed by atoms with E-state index in [1.165, 1.54) is 18.3 Å². The van der Waals surface area contributed by atoms with E-state index in [9.17, 15) is 18.0 Å². The Morgan fingerprint density at radius 3 is 2.67 bits per heavy atom. The van der Waals surface area contributed by atoms with E-state index in [2.05, 4.69) is 4.98 Å². The average Bonchev–Trinajstić information content (AvgIpc) is 2.97. The fourth-order valence-electron chi connectivity index (χ4n) is 2.57. The first-order valence-corrected chi connectivity index (χ1v) is 6.64. The maximum Gasteiger partial charge on any atom is 0.406 e. The summed E-state index contributed by atoms with van der Waals surface area (Å²) in [5.41, 5.74) is 0.0805. The van der Waals surface area contributed by atoms with Crippen LogP contribution < -0.4 is 0 Å². The fourth-order valence-corrected chi connectivity index (χ4v) is 2.57. The molecule has 7 heteroatoms. The van der Waals surface area contributed by atoms with E-state index in [1.807, 2.05) is 0 Å². The van der Waals surface area contributed by atoms with Crippen LogP contribution in [0.25, 0.3) is 0 Å². The Morgan fingerprint density at radius 2 is 2.10 bits per heavy atom. The molecule has 0 spiro atoms. The number of nitriles is 1. The Kier molecular flexibility index (Phi) is 4.46. The Labute approximate surface area is 120 Å². The third kappa shape index (κ3) is 3.94. The van der Waals surface area contributed by atoms with E-state index in [0.717, 1.165) is 17.7 Å². The van der Waals surface area contributed by atoms with E-state index < -0.39 is 24.7 Å². The van der Waals surface area contributed by atoms with Crippen LogP contribution in [-0.4, -0.2) is 34.6 Å². The van der Waals surface area contributed by atoms with Gasteiger partial charge in [0, 0.05) is 17.8 Å². The number of hydrogen-bond acceptors (Lipinski definition) is 3.